The molecule has 0 saturated carbocycles. The molecule has 0 radical (unpaired) electrons. The van der Waals surface area contributed by atoms with Gasteiger partial charge in [0.2, 0.25) is 5.91 Å². The number of nitrogens with one attached hydrogen (secondary N) is 1. The summed E-state index contributed by atoms with van der Waals surface area (Å²) < 4.78 is 0.850. The van der Waals surface area contributed by atoms with E-state index in [1.165, 1.54) is 4.88 Å². The number of carbonyl (C=O) groups excluding carboxylic acids is 1. The van der Waals surface area contributed by atoms with Gasteiger partial charge in [0, 0.05) is 43.6 Å². The van der Waals surface area contributed by atoms with Gasteiger partial charge in [-0.2, -0.15) is 0 Å². The van der Waals surface area contributed by atoms with Gasteiger partial charge in [0.15, 0.2) is 0 Å². The van der Waals surface area contributed by atoms with Crippen LogP contribution in [-0.4, -0.2) is 54.0 Å². The lowest BCUT2D eigenvalue weighted by Gasteiger charge is -2.37. The van der Waals surface area contributed by atoms with Crippen molar-refractivity contribution >= 4 is 28.8 Å². The highest BCUT2D eigenvalue weighted by atomic mass is 35.5. The Morgan fingerprint density at radius 3 is 2.48 bits per heavy atom. The summed E-state index contributed by atoms with van der Waals surface area (Å²) >= 11 is 7.61. The van der Waals surface area contributed by atoms with Gasteiger partial charge in [0.05, 0.1) is 10.4 Å². The molecule has 1 unspecified atom stereocenters. The average Bonchev–Trinajstić information content (AvgIpc) is 2.83. The van der Waals surface area contributed by atoms with Gasteiger partial charge in [-0.15, -0.1) is 11.3 Å². The van der Waals surface area contributed by atoms with E-state index in [-0.39, 0.29) is 18.0 Å². The van der Waals surface area contributed by atoms with Crippen molar-refractivity contribution in [1.29, 1.82) is 0 Å². The maximum atomic E-state index is 12.0. The van der Waals surface area contributed by atoms with E-state index in [4.69, 9.17) is 11.6 Å². The van der Waals surface area contributed by atoms with Crippen molar-refractivity contribution in [3.63, 3.8) is 0 Å². The standard InChI is InChI=1S/C15H24ClN3OS/c1-11(2)17-15(20)12(3)19-8-6-18(7-9-19)10-13-4-5-14(16)21-13/h4-5,11-12H,6-10H2,1-3H3,(H,17,20). The molecule has 0 spiro atoms. The molecule has 21 heavy (non-hydrogen) atoms. The molecule has 1 aromatic heterocycles. The van der Waals surface area contributed by atoms with Crippen LogP contribution < -0.4 is 5.32 Å². The van der Waals surface area contributed by atoms with Crippen molar-refractivity contribution in [2.45, 2.75) is 39.4 Å². The molecule has 1 aromatic rings. The van der Waals surface area contributed by atoms with Gasteiger partial charge in [-0.1, -0.05) is 11.6 Å². The Morgan fingerprint density at radius 1 is 1.29 bits per heavy atom. The molecular formula is C15H24ClN3OS. The van der Waals surface area contributed by atoms with Gasteiger partial charge >= 0.3 is 0 Å². The molecule has 1 atom stereocenters. The summed E-state index contributed by atoms with van der Waals surface area (Å²) in [6.07, 6.45) is 0. The van der Waals surface area contributed by atoms with E-state index in [1.807, 2.05) is 26.8 Å². The predicted molar refractivity (Wildman–Crippen MR) is 88.9 cm³/mol. The third-order valence-corrected chi connectivity index (χ3v) is 4.99. The fraction of sp³-hybridized carbons (Fsp3) is 0.667. The third-order valence-electron chi connectivity index (χ3n) is 3.77. The first-order chi connectivity index (χ1) is 9.95. The van der Waals surface area contributed by atoms with E-state index in [2.05, 4.69) is 21.2 Å². The minimum atomic E-state index is -0.0502. The van der Waals surface area contributed by atoms with Crippen LogP contribution in [0.4, 0.5) is 0 Å². The number of nitrogens with zero attached hydrogens (tertiary/aromatic N) is 2. The van der Waals surface area contributed by atoms with Crippen LogP contribution in [0.25, 0.3) is 0 Å². The number of thiophene rings is 1. The largest absolute Gasteiger partial charge is 0.353 e. The summed E-state index contributed by atoms with van der Waals surface area (Å²) in [5.74, 6) is 0.128. The van der Waals surface area contributed by atoms with Gasteiger partial charge < -0.3 is 5.32 Å². The average molecular weight is 330 g/mol. The summed E-state index contributed by atoms with van der Waals surface area (Å²) in [5.41, 5.74) is 0. The highest BCUT2D eigenvalue weighted by Gasteiger charge is 2.25. The van der Waals surface area contributed by atoms with E-state index in [9.17, 15) is 4.79 Å². The second kappa shape index (κ2) is 7.58. The molecule has 4 nitrogen and oxygen atoms in total. The zero-order valence-electron chi connectivity index (χ0n) is 12.9. The first-order valence-corrected chi connectivity index (χ1v) is 8.66. The lowest BCUT2D eigenvalue weighted by molar-refractivity contribution is -0.127. The molecule has 1 fully saturated rings. The van der Waals surface area contributed by atoms with Gasteiger partial charge in [-0.3, -0.25) is 14.6 Å². The fourth-order valence-corrected chi connectivity index (χ4v) is 3.67. The maximum Gasteiger partial charge on any atom is 0.237 e. The van der Waals surface area contributed by atoms with Crippen LogP contribution in [0.5, 0.6) is 0 Å². The number of rotatable bonds is 5. The van der Waals surface area contributed by atoms with E-state index >= 15 is 0 Å². The maximum absolute atomic E-state index is 12.0. The van der Waals surface area contributed by atoms with Crippen LogP contribution in [0.1, 0.15) is 25.6 Å². The van der Waals surface area contributed by atoms with Crippen molar-refractivity contribution in [3.8, 4) is 0 Å². The monoisotopic (exact) mass is 329 g/mol. The highest BCUT2D eigenvalue weighted by molar-refractivity contribution is 7.16. The van der Waals surface area contributed by atoms with E-state index < -0.39 is 0 Å². The Balaban J connectivity index is 1.78. The van der Waals surface area contributed by atoms with E-state index in [0.29, 0.717) is 0 Å². The molecule has 6 heteroatoms. The Bertz CT molecular complexity index is 469. The first-order valence-electron chi connectivity index (χ1n) is 7.46. The quantitative estimate of drug-likeness (QED) is 0.901. The molecule has 0 aromatic carbocycles. The van der Waals surface area contributed by atoms with Gasteiger partial charge in [-0.25, -0.2) is 0 Å². The van der Waals surface area contributed by atoms with Gasteiger partial charge in [-0.05, 0) is 32.9 Å². The van der Waals surface area contributed by atoms with E-state index in [0.717, 1.165) is 37.1 Å². The lowest BCUT2D eigenvalue weighted by Crippen LogP contribution is -2.54. The van der Waals surface area contributed by atoms with Crippen LogP contribution >= 0.6 is 22.9 Å². The molecule has 0 bridgehead atoms. The Morgan fingerprint density at radius 2 is 1.95 bits per heavy atom. The smallest absolute Gasteiger partial charge is 0.237 e. The second-order valence-electron chi connectivity index (χ2n) is 5.86. The Hall–Kier alpha value is -0.620. The molecule has 118 valence electrons. The summed E-state index contributed by atoms with van der Waals surface area (Å²) in [6, 6.07) is 4.20. The predicted octanol–water partition coefficient (Wildman–Crippen LogP) is 2.43. The molecular weight excluding hydrogens is 306 g/mol. The minimum absolute atomic E-state index is 0.0502. The number of hydrogen-bond donors (Lipinski definition) is 1. The molecule has 0 aliphatic carbocycles. The number of halogens is 1. The van der Waals surface area contributed by atoms with Gasteiger partial charge in [0.25, 0.3) is 0 Å². The molecule has 1 N–H and O–H groups in total. The summed E-state index contributed by atoms with van der Waals surface area (Å²) in [7, 11) is 0. The first kappa shape index (κ1) is 16.7. The minimum Gasteiger partial charge on any atom is -0.353 e. The van der Waals surface area contributed by atoms with Crippen molar-refractivity contribution in [3.05, 3.63) is 21.3 Å². The van der Waals surface area contributed by atoms with Gasteiger partial charge in [0.1, 0.15) is 0 Å². The molecule has 1 saturated heterocycles. The summed E-state index contributed by atoms with van der Waals surface area (Å²) in [4.78, 5) is 18.0. The summed E-state index contributed by atoms with van der Waals surface area (Å²) in [6.45, 7) is 10.8. The van der Waals surface area contributed by atoms with E-state index in [1.54, 1.807) is 11.3 Å². The van der Waals surface area contributed by atoms with Crippen molar-refractivity contribution in [2.24, 2.45) is 0 Å². The molecule has 2 heterocycles. The highest BCUT2D eigenvalue weighted by Crippen LogP contribution is 2.23. The SMILES string of the molecule is CC(C)NC(=O)C(C)N1CCN(Cc2ccc(Cl)s2)CC1. The third kappa shape index (κ3) is 4.95. The number of piperazine rings is 1. The Kier molecular flexibility index (Phi) is 6.05. The number of carbonyl (C=O) groups is 1. The van der Waals surface area contributed by atoms with Crippen molar-refractivity contribution in [2.75, 3.05) is 26.2 Å². The van der Waals surface area contributed by atoms with Crippen LogP contribution in [0.2, 0.25) is 4.34 Å². The van der Waals surface area contributed by atoms with Crippen LogP contribution in [0.3, 0.4) is 0 Å². The van der Waals surface area contributed by atoms with Crippen molar-refractivity contribution < 1.29 is 4.79 Å². The number of hydrogen-bond acceptors (Lipinski definition) is 4. The molecule has 1 amide bonds. The summed E-state index contributed by atoms with van der Waals surface area (Å²) in [5, 5.41) is 2.99. The molecule has 2 rings (SSSR count). The topological polar surface area (TPSA) is 35.6 Å². The second-order valence-corrected chi connectivity index (χ2v) is 7.66. The lowest BCUT2D eigenvalue weighted by atomic mass is 10.2. The zero-order chi connectivity index (χ0) is 15.4. The number of amides is 1. The Labute approximate surface area is 136 Å². The van der Waals surface area contributed by atoms with Crippen LogP contribution in [-0.2, 0) is 11.3 Å². The van der Waals surface area contributed by atoms with Crippen LogP contribution in [0, 0.1) is 0 Å². The molecule has 1 aliphatic heterocycles. The molecule has 1 aliphatic rings. The fourth-order valence-electron chi connectivity index (χ4n) is 2.54. The van der Waals surface area contributed by atoms with Crippen molar-refractivity contribution in [1.82, 2.24) is 15.1 Å². The normalized spacial score (nSPS) is 18.9. The van der Waals surface area contributed by atoms with Crippen LogP contribution in [0.15, 0.2) is 12.1 Å². The zero-order valence-corrected chi connectivity index (χ0v) is 14.5.